The molecular formula is C26H37N3O2. The molecule has 0 fully saturated rings. The third kappa shape index (κ3) is 5.34. The van der Waals surface area contributed by atoms with E-state index in [-0.39, 0.29) is 11.6 Å². The summed E-state index contributed by atoms with van der Waals surface area (Å²) in [6.45, 7) is 8.49. The van der Waals surface area contributed by atoms with Gasteiger partial charge in [-0.1, -0.05) is 50.3 Å². The van der Waals surface area contributed by atoms with E-state index in [0.717, 1.165) is 31.0 Å². The van der Waals surface area contributed by atoms with E-state index in [0.29, 0.717) is 23.1 Å². The Hall–Kier alpha value is -2.66. The molecule has 168 valence electrons. The van der Waals surface area contributed by atoms with Crippen LogP contribution in [0.1, 0.15) is 47.9 Å². The fourth-order valence-electron chi connectivity index (χ4n) is 3.81. The van der Waals surface area contributed by atoms with Gasteiger partial charge in [-0.2, -0.15) is 0 Å². The highest BCUT2D eigenvalue weighted by Gasteiger charge is 2.33. The Labute approximate surface area is 187 Å². The molecule has 0 aliphatic heterocycles. The molecule has 3 rings (SSSR count). The lowest BCUT2D eigenvalue weighted by Gasteiger charge is -2.26. The molecule has 0 saturated heterocycles. The normalized spacial score (nSPS) is 20.2. The van der Waals surface area contributed by atoms with Crippen LogP contribution in [0.2, 0.25) is 0 Å². The number of nitrogens with zero attached hydrogens (tertiary/aromatic N) is 3. The number of Topliss-reactive ketones (excluding diaryl/α,β-unsaturated/α-hetero) is 2. The highest BCUT2D eigenvalue weighted by atomic mass is 16.1. The average Bonchev–Trinajstić information content (AvgIpc) is 2.87. The molecule has 2 aliphatic carbocycles. The van der Waals surface area contributed by atoms with E-state index in [2.05, 4.69) is 15.9 Å². The predicted molar refractivity (Wildman–Crippen MR) is 130 cm³/mol. The monoisotopic (exact) mass is 423 g/mol. The predicted octanol–water partition coefficient (Wildman–Crippen LogP) is 4.43. The smallest absolute Gasteiger partial charge is 0.195 e. The zero-order chi connectivity index (χ0) is 23.1. The highest BCUT2D eigenvalue weighted by Crippen LogP contribution is 2.35. The molecule has 1 aromatic carbocycles. The number of ketones is 2. The van der Waals surface area contributed by atoms with Gasteiger partial charge in [0, 0.05) is 56.3 Å². The van der Waals surface area contributed by atoms with Gasteiger partial charge in [-0.25, -0.2) is 0 Å². The molecule has 0 spiro atoms. The van der Waals surface area contributed by atoms with Gasteiger partial charge in [0.15, 0.2) is 11.6 Å². The summed E-state index contributed by atoms with van der Waals surface area (Å²) in [5.74, 6) is -0.499. The fourth-order valence-corrected chi connectivity index (χ4v) is 3.81. The number of hydrogen-bond acceptors (Lipinski definition) is 5. The third-order valence-corrected chi connectivity index (χ3v) is 5.67. The maximum absolute atomic E-state index is 13.6. The first kappa shape index (κ1) is 24.6. The first-order valence-electron chi connectivity index (χ1n) is 11.2. The summed E-state index contributed by atoms with van der Waals surface area (Å²) in [7, 11) is 8.04. The van der Waals surface area contributed by atoms with Crippen LogP contribution in [0, 0.1) is 5.92 Å². The molecule has 2 aliphatic rings. The molecule has 1 atom stereocenters. The Morgan fingerprint density at radius 2 is 1.71 bits per heavy atom. The van der Waals surface area contributed by atoms with Gasteiger partial charge in [0.25, 0.3) is 0 Å². The minimum atomic E-state index is -0.424. The molecule has 0 aromatic heterocycles. The van der Waals surface area contributed by atoms with Crippen LogP contribution in [0.3, 0.4) is 0 Å². The quantitative estimate of drug-likeness (QED) is 0.634. The zero-order valence-electron chi connectivity index (χ0n) is 20.1. The van der Waals surface area contributed by atoms with Crippen molar-refractivity contribution in [2.24, 2.45) is 5.92 Å². The maximum Gasteiger partial charge on any atom is 0.195 e. The summed E-state index contributed by atoms with van der Waals surface area (Å²) in [4.78, 5) is 33.4. The van der Waals surface area contributed by atoms with Crippen molar-refractivity contribution < 1.29 is 9.59 Å². The van der Waals surface area contributed by atoms with Gasteiger partial charge in [-0.3, -0.25) is 9.59 Å². The van der Waals surface area contributed by atoms with E-state index in [1.807, 2.05) is 84.2 Å². The number of likely N-dealkylation sites (N-methyl/N-ethyl adjacent to an activating group) is 2. The van der Waals surface area contributed by atoms with Crippen molar-refractivity contribution in [3.63, 3.8) is 0 Å². The molecule has 5 heteroatoms. The van der Waals surface area contributed by atoms with Crippen molar-refractivity contribution in [3.8, 4) is 0 Å². The van der Waals surface area contributed by atoms with Crippen molar-refractivity contribution in [1.82, 2.24) is 9.80 Å². The molecule has 31 heavy (non-hydrogen) atoms. The number of benzene rings is 1. The Morgan fingerprint density at radius 3 is 2.35 bits per heavy atom. The van der Waals surface area contributed by atoms with Gasteiger partial charge >= 0.3 is 0 Å². The molecular weight excluding hydrogens is 386 g/mol. The van der Waals surface area contributed by atoms with Crippen molar-refractivity contribution in [2.75, 3.05) is 52.7 Å². The molecule has 0 heterocycles. The summed E-state index contributed by atoms with van der Waals surface area (Å²) >= 11 is 0. The van der Waals surface area contributed by atoms with Crippen LogP contribution >= 0.6 is 0 Å². The molecule has 5 nitrogen and oxygen atoms in total. The standard InChI is InChI=1S/C24H31N3O2.C2H6/c1-6-26(4)21-13-9-11-18-22(21)23(28)17-10-7-8-12-20(19(16-17)24(18)29)27(5)15-14-25(2)3;1-2/h7,9-13,16-17H,6,8,14-15H2,1-5H3;1-2H3/b10-7-,20-12+;. The van der Waals surface area contributed by atoms with Crippen LogP contribution in [0.25, 0.3) is 0 Å². The van der Waals surface area contributed by atoms with Crippen LogP contribution in [-0.2, 0) is 0 Å². The Bertz CT molecular complexity index is 896. The van der Waals surface area contributed by atoms with Crippen LogP contribution in [0.15, 0.2) is 53.8 Å². The van der Waals surface area contributed by atoms with Gasteiger partial charge in [0.1, 0.15) is 0 Å². The van der Waals surface area contributed by atoms with Crippen molar-refractivity contribution in [2.45, 2.75) is 27.2 Å². The van der Waals surface area contributed by atoms with Crippen LogP contribution in [0.4, 0.5) is 5.69 Å². The molecule has 2 bridgehead atoms. The van der Waals surface area contributed by atoms with Gasteiger partial charge in [0.2, 0.25) is 0 Å². The zero-order valence-corrected chi connectivity index (χ0v) is 20.1. The van der Waals surface area contributed by atoms with E-state index in [1.165, 1.54) is 0 Å². The van der Waals surface area contributed by atoms with Gasteiger partial charge in [-0.05, 0) is 33.5 Å². The van der Waals surface area contributed by atoms with E-state index in [9.17, 15) is 9.59 Å². The fraction of sp³-hybridized carbons (Fsp3) is 0.462. The molecule has 1 aromatic rings. The number of carbonyl (C=O) groups excluding carboxylic acids is 2. The van der Waals surface area contributed by atoms with Crippen LogP contribution < -0.4 is 4.90 Å². The van der Waals surface area contributed by atoms with Crippen LogP contribution in [0.5, 0.6) is 0 Å². The highest BCUT2D eigenvalue weighted by molar-refractivity contribution is 6.22. The average molecular weight is 424 g/mol. The van der Waals surface area contributed by atoms with E-state index in [1.54, 1.807) is 6.07 Å². The third-order valence-electron chi connectivity index (χ3n) is 5.67. The lowest BCUT2D eigenvalue weighted by atomic mass is 9.93. The SMILES string of the molecule is CC.CCN(C)c1cccc2c1C(=O)C1C=C(C2=O)/C(N(C)CCN(C)C)=C\C/C=C\1. The number of hydrogen-bond donors (Lipinski definition) is 0. The van der Waals surface area contributed by atoms with E-state index >= 15 is 0 Å². The molecule has 1 unspecified atom stereocenters. The Balaban J connectivity index is 0.00000166. The number of fused-ring (bicyclic) bond motifs is 2. The Kier molecular flexibility index (Phi) is 8.81. The second kappa shape index (κ2) is 11.1. The van der Waals surface area contributed by atoms with Crippen molar-refractivity contribution in [3.05, 3.63) is 64.9 Å². The summed E-state index contributed by atoms with van der Waals surface area (Å²) < 4.78 is 0. The first-order valence-corrected chi connectivity index (χ1v) is 11.2. The lowest BCUT2D eigenvalue weighted by Crippen LogP contribution is -2.30. The lowest BCUT2D eigenvalue weighted by molar-refractivity contribution is 0.0960. The largest absolute Gasteiger partial charge is 0.374 e. The van der Waals surface area contributed by atoms with Gasteiger partial charge < -0.3 is 14.7 Å². The summed E-state index contributed by atoms with van der Waals surface area (Å²) in [6.07, 6.45) is 8.60. The second-order valence-electron chi connectivity index (χ2n) is 7.99. The second-order valence-corrected chi connectivity index (χ2v) is 7.99. The molecule has 0 N–H and O–H groups in total. The molecule has 0 saturated carbocycles. The summed E-state index contributed by atoms with van der Waals surface area (Å²) in [6, 6.07) is 5.59. The molecule has 0 amide bonds. The number of allylic oxidation sites excluding steroid dienone is 5. The van der Waals surface area contributed by atoms with E-state index < -0.39 is 5.92 Å². The van der Waals surface area contributed by atoms with Crippen molar-refractivity contribution in [1.29, 1.82) is 0 Å². The van der Waals surface area contributed by atoms with Gasteiger partial charge in [-0.15, -0.1) is 0 Å². The summed E-state index contributed by atoms with van der Waals surface area (Å²) in [5, 5.41) is 0. The minimum Gasteiger partial charge on any atom is -0.374 e. The van der Waals surface area contributed by atoms with Crippen molar-refractivity contribution >= 4 is 17.3 Å². The Morgan fingerprint density at radius 1 is 1.00 bits per heavy atom. The van der Waals surface area contributed by atoms with E-state index in [4.69, 9.17) is 0 Å². The maximum atomic E-state index is 13.6. The summed E-state index contributed by atoms with van der Waals surface area (Å²) in [5.41, 5.74) is 3.40. The molecule has 0 radical (unpaired) electrons. The topological polar surface area (TPSA) is 43.9 Å². The first-order chi connectivity index (χ1) is 14.8. The number of anilines is 1. The number of rotatable bonds is 6. The van der Waals surface area contributed by atoms with Gasteiger partial charge in [0.05, 0.1) is 11.5 Å². The number of carbonyl (C=O) groups is 2. The van der Waals surface area contributed by atoms with Crippen LogP contribution in [-0.4, -0.2) is 69.2 Å². The minimum absolute atomic E-state index is 0.00676.